The number of rotatable bonds is 5. The number of hydrogen-bond donors (Lipinski definition) is 0. The zero-order chi connectivity index (χ0) is 10.6. The van der Waals surface area contributed by atoms with Crippen LogP contribution in [0.5, 0.6) is 0 Å². The standard InChI is InChI=1S/C12H24S2/c1-10(2)5-6-12(9-11(3)4)13-7-8-14-12/h10-11H,5-9H2,1-4H3. The summed E-state index contributed by atoms with van der Waals surface area (Å²) in [6.07, 6.45) is 4.21. The van der Waals surface area contributed by atoms with E-state index in [1.54, 1.807) is 0 Å². The lowest BCUT2D eigenvalue weighted by atomic mass is 10.00. The highest BCUT2D eigenvalue weighted by atomic mass is 32.2. The van der Waals surface area contributed by atoms with E-state index in [1.165, 1.54) is 30.8 Å². The molecule has 1 fully saturated rings. The van der Waals surface area contributed by atoms with Gasteiger partial charge in [0.05, 0.1) is 4.08 Å². The summed E-state index contributed by atoms with van der Waals surface area (Å²) in [5.41, 5.74) is 0. The van der Waals surface area contributed by atoms with Crippen molar-refractivity contribution >= 4 is 23.5 Å². The number of hydrogen-bond acceptors (Lipinski definition) is 2. The molecule has 0 nitrogen and oxygen atoms in total. The lowest BCUT2D eigenvalue weighted by Gasteiger charge is -2.29. The summed E-state index contributed by atoms with van der Waals surface area (Å²) in [5, 5.41) is 0. The van der Waals surface area contributed by atoms with Gasteiger partial charge in [0.2, 0.25) is 0 Å². The second kappa shape index (κ2) is 5.69. The molecule has 1 rings (SSSR count). The molecule has 0 saturated carbocycles. The van der Waals surface area contributed by atoms with Crippen LogP contribution in [0.1, 0.15) is 47.0 Å². The van der Waals surface area contributed by atoms with Crippen LogP contribution in [-0.4, -0.2) is 15.6 Å². The minimum Gasteiger partial charge on any atom is -0.143 e. The fraction of sp³-hybridized carbons (Fsp3) is 1.00. The highest BCUT2D eigenvalue weighted by molar-refractivity contribution is 8.21. The maximum Gasteiger partial charge on any atom is 0.0614 e. The van der Waals surface area contributed by atoms with E-state index in [9.17, 15) is 0 Å². The van der Waals surface area contributed by atoms with Gasteiger partial charge in [-0.2, -0.15) is 0 Å². The Labute approximate surface area is 98.0 Å². The molecule has 0 aromatic rings. The van der Waals surface area contributed by atoms with Gasteiger partial charge < -0.3 is 0 Å². The molecule has 0 N–H and O–H groups in total. The van der Waals surface area contributed by atoms with Crippen molar-refractivity contribution < 1.29 is 0 Å². The van der Waals surface area contributed by atoms with E-state index < -0.39 is 0 Å². The predicted molar refractivity (Wildman–Crippen MR) is 71.2 cm³/mol. The molecular formula is C12H24S2. The highest BCUT2D eigenvalue weighted by Gasteiger charge is 2.35. The Morgan fingerprint density at radius 2 is 1.57 bits per heavy atom. The third-order valence-electron chi connectivity index (χ3n) is 2.64. The first-order valence-corrected chi connectivity index (χ1v) is 7.79. The fourth-order valence-corrected chi connectivity index (χ4v) is 5.66. The van der Waals surface area contributed by atoms with Gasteiger partial charge >= 0.3 is 0 Å². The van der Waals surface area contributed by atoms with Gasteiger partial charge in [0.15, 0.2) is 0 Å². The van der Waals surface area contributed by atoms with Crippen molar-refractivity contribution in [3.63, 3.8) is 0 Å². The Kier molecular flexibility index (Phi) is 5.19. The lowest BCUT2D eigenvalue weighted by Crippen LogP contribution is -2.20. The van der Waals surface area contributed by atoms with Gasteiger partial charge in [-0.1, -0.05) is 27.7 Å². The molecule has 0 aromatic carbocycles. The molecule has 0 spiro atoms. The van der Waals surface area contributed by atoms with E-state index >= 15 is 0 Å². The number of thioether (sulfide) groups is 2. The van der Waals surface area contributed by atoms with E-state index in [4.69, 9.17) is 0 Å². The van der Waals surface area contributed by atoms with Crippen LogP contribution in [0.2, 0.25) is 0 Å². The molecule has 0 aliphatic carbocycles. The monoisotopic (exact) mass is 232 g/mol. The Balaban J connectivity index is 2.44. The van der Waals surface area contributed by atoms with Crippen LogP contribution in [0.25, 0.3) is 0 Å². The van der Waals surface area contributed by atoms with E-state index in [0.717, 1.165) is 11.8 Å². The normalized spacial score (nSPS) is 21.0. The molecule has 84 valence electrons. The predicted octanol–water partition coefficient (Wildman–Crippen LogP) is 4.65. The van der Waals surface area contributed by atoms with E-state index in [-0.39, 0.29) is 0 Å². The summed E-state index contributed by atoms with van der Waals surface area (Å²) in [5.74, 6) is 4.45. The molecule has 0 unspecified atom stereocenters. The van der Waals surface area contributed by atoms with Crippen molar-refractivity contribution in [2.45, 2.75) is 51.0 Å². The van der Waals surface area contributed by atoms with Gasteiger partial charge in [0, 0.05) is 11.5 Å². The molecule has 2 heteroatoms. The summed E-state index contributed by atoms with van der Waals surface area (Å²) in [6, 6.07) is 0. The average Bonchev–Trinajstić information content (AvgIpc) is 2.49. The smallest absolute Gasteiger partial charge is 0.0614 e. The third kappa shape index (κ3) is 4.06. The Morgan fingerprint density at radius 3 is 2.00 bits per heavy atom. The molecule has 1 aliphatic rings. The van der Waals surface area contributed by atoms with Crippen LogP contribution >= 0.6 is 23.5 Å². The molecule has 0 aromatic heterocycles. The van der Waals surface area contributed by atoms with E-state index in [2.05, 4.69) is 51.2 Å². The Bertz CT molecular complexity index is 158. The van der Waals surface area contributed by atoms with Crippen LogP contribution in [0.3, 0.4) is 0 Å². The molecule has 0 amide bonds. The second-order valence-electron chi connectivity index (χ2n) is 5.14. The fourth-order valence-electron chi connectivity index (χ4n) is 1.99. The zero-order valence-corrected chi connectivity index (χ0v) is 11.6. The zero-order valence-electron chi connectivity index (χ0n) is 10.0. The molecule has 0 bridgehead atoms. The maximum atomic E-state index is 2.36. The van der Waals surface area contributed by atoms with Crippen molar-refractivity contribution in [1.82, 2.24) is 0 Å². The Morgan fingerprint density at radius 1 is 1.00 bits per heavy atom. The molecule has 1 saturated heterocycles. The van der Waals surface area contributed by atoms with Gasteiger partial charge in [-0.3, -0.25) is 0 Å². The van der Waals surface area contributed by atoms with Crippen molar-refractivity contribution in [2.75, 3.05) is 11.5 Å². The van der Waals surface area contributed by atoms with Crippen LogP contribution in [0.15, 0.2) is 0 Å². The van der Waals surface area contributed by atoms with Crippen LogP contribution in [0, 0.1) is 11.8 Å². The van der Waals surface area contributed by atoms with E-state index in [1.807, 2.05) is 0 Å². The molecule has 14 heavy (non-hydrogen) atoms. The van der Waals surface area contributed by atoms with Crippen LogP contribution < -0.4 is 0 Å². The second-order valence-corrected chi connectivity index (χ2v) is 8.35. The first-order valence-electron chi connectivity index (χ1n) is 5.82. The first-order chi connectivity index (χ1) is 6.54. The SMILES string of the molecule is CC(C)CCC1(CC(C)C)SCCS1. The van der Waals surface area contributed by atoms with Gasteiger partial charge in [0.25, 0.3) is 0 Å². The molecule has 1 heterocycles. The topological polar surface area (TPSA) is 0 Å². The van der Waals surface area contributed by atoms with Crippen molar-refractivity contribution in [1.29, 1.82) is 0 Å². The average molecular weight is 232 g/mol. The van der Waals surface area contributed by atoms with Crippen LogP contribution in [0.4, 0.5) is 0 Å². The van der Waals surface area contributed by atoms with Crippen molar-refractivity contribution in [3.8, 4) is 0 Å². The molecule has 0 atom stereocenters. The highest BCUT2D eigenvalue weighted by Crippen LogP contribution is 2.51. The Hall–Kier alpha value is 0.700. The molecule has 0 radical (unpaired) electrons. The maximum absolute atomic E-state index is 2.36. The molecule has 1 aliphatic heterocycles. The van der Waals surface area contributed by atoms with E-state index in [0.29, 0.717) is 4.08 Å². The summed E-state index contributed by atoms with van der Waals surface area (Å²) >= 11 is 4.45. The summed E-state index contributed by atoms with van der Waals surface area (Å²) in [6.45, 7) is 9.40. The summed E-state index contributed by atoms with van der Waals surface area (Å²) in [4.78, 5) is 0. The molecular weight excluding hydrogens is 208 g/mol. The first kappa shape index (κ1) is 12.8. The van der Waals surface area contributed by atoms with Crippen LogP contribution in [-0.2, 0) is 0 Å². The largest absolute Gasteiger partial charge is 0.143 e. The minimum absolute atomic E-state index is 0.582. The van der Waals surface area contributed by atoms with Gasteiger partial charge in [0.1, 0.15) is 0 Å². The summed E-state index contributed by atoms with van der Waals surface area (Å²) in [7, 11) is 0. The van der Waals surface area contributed by atoms with Gasteiger partial charge in [-0.25, -0.2) is 0 Å². The van der Waals surface area contributed by atoms with Gasteiger partial charge in [-0.15, -0.1) is 23.5 Å². The van der Waals surface area contributed by atoms with Crippen molar-refractivity contribution in [3.05, 3.63) is 0 Å². The third-order valence-corrected chi connectivity index (χ3v) is 6.21. The van der Waals surface area contributed by atoms with Gasteiger partial charge in [-0.05, 0) is 31.1 Å². The van der Waals surface area contributed by atoms with Crippen molar-refractivity contribution in [2.24, 2.45) is 11.8 Å². The minimum atomic E-state index is 0.582. The summed E-state index contributed by atoms with van der Waals surface area (Å²) < 4.78 is 0.582. The quantitative estimate of drug-likeness (QED) is 0.677. The lowest BCUT2D eigenvalue weighted by molar-refractivity contribution is 0.474.